The van der Waals surface area contributed by atoms with Crippen LogP contribution in [0.3, 0.4) is 0 Å². The van der Waals surface area contributed by atoms with Gasteiger partial charge in [0, 0.05) is 24.6 Å². The predicted molar refractivity (Wildman–Crippen MR) is 114 cm³/mol. The van der Waals surface area contributed by atoms with Crippen LogP contribution in [0, 0.1) is 5.92 Å². The first-order chi connectivity index (χ1) is 13.6. The number of carbonyl (C=O) groups is 1. The van der Waals surface area contributed by atoms with Crippen molar-refractivity contribution in [2.75, 3.05) is 20.2 Å². The summed E-state index contributed by atoms with van der Waals surface area (Å²) in [6.45, 7) is 6.99. The summed E-state index contributed by atoms with van der Waals surface area (Å²) in [6, 6.07) is 16.7. The van der Waals surface area contributed by atoms with Gasteiger partial charge in [0.05, 0.1) is 7.11 Å². The molecule has 1 fully saturated rings. The molecule has 0 aliphatic carbocycles. The number of rotatable bonds is 8. The topological polar surface area (TPSA) is 41.6 Å². The lowest BCUT2D eigenvalue weighted by Gasteiger charge is -2.27. The van der Waals surface area contributed by atoms with Gasteiger partial charge in [-0.25, -0.2) is 0 Å². The van der Waals surface area contributed by atoms with Gasteiger partial charge >= 0.3 is 0 Å². The molecule has 0 radical (unpaired) electrons. The van der Waals surface area contributed by atoms with Crippen LogP contribution in [0.5, 0.6) is 5.75 Å². The Kier molecular flexibility index (Phi) is 7.10. The van der Waals surface area contributed by atoms with Crippen molar-refractivity contribution < 1.29 is 9.53 Å². The number of amides is 1. The molecule has 1 amide bonds. The molecule has 0 spiro atoms. The van der Waals surface area contributed by atoms with E-state index in [1.165, 1.54) is 6.42 Å². The van der Waals surface area contributed by atoms with Gasteiger partial charge in [0.1, 0.15) is 5.75 Å². The molecule has 2 aromatic rings. The van der Waals surface area contributed by atoms with Crippen LogP contribution in [-0.2, 0) is 11.3 Å². The Morgan fingerprint density at radius 3 is 2.57 bits per heavy atom. The molecule has 4 nitrogen and oxygen atoms in total. The number of nitrogens with zero attached hydrogens (tertiary/aromatic N) is 1. The minimum atomic E-state index is 0.197. The molecule has 1 aliphatic rings. The smallest absolute Gasteiger partial charge is 0.223 e. The molecule has 150 valence electrons. The second-order valence-corrected chi connectivity index (χ2v) is 7.91. The summed E-state index contributed by atoms with van der Waals surface area (Å²) in [5, 5.41) is 3.38. The van der Waals surface area contributed by atoms with Crippen LogP contribution in [0.2, 0.25) is 0 Å². The summed E-state index contributed by atoms with van der Waals surface area (Å²) >= 11 is 0. The molecule has 2 aromatic carbocycles. The normalized spacial score (nSPS) is 16.4. The zero-order chi connectivity index (χ0) is 19.9. The Balaban J connectivity index is 1.65. The Morgan fingerprint density at radius 1 is 1.18 bits per heavy atom. The third-order valence-corrected chi connectivity index (χ3v) is 5.60. The van der Waals surface area contributed by atoms with Crippen molar-refractivity contribution in [1.82, 2.24) is 10.2 Å². The summed E-state index contributed by atoms with van der Waals surface area (Å²) in [4.78, 5) is 14.8. The molecule has 1 aliphatic heterocycles. The van der Waals surface area contributed by atoms with Crippen LogP contribution in [0.25, 0.3) is 11.1 Å². The van der Waals surface area contributed by atoms with E-state index in [4.69, 9.17) is 4.74 Å². The van der Waals surface area contributed by atoms with Crippen LogP contribution >= 0.6 is 0 Å². The van der Waals surface area contributed by atoms with Crippen molar-refractivity contribution in [3.63, 3.8) is 0 Å². The fourth-order valence-electron chi connectivity index (χ4n) is 3.86. The largest absolute Gasteiger partial charge is 0.496 e. The van der Waals surface area contributed by atoms with Crippen LogP contribution in [-0.4, -0.2) is 37.0 Å². The van der Waals surface area contributed by atoms with Crippen molar-refractivity contribution in [2.24, 2.45) is 5.92 Å². The summed E-state index contributed by atoms with van der Waals surface area (Å²) in [7, 11) is 1.70. The monoisotopic (exact) mass is 380 g/mol. The number of methoxy groups -OCH3 is 1. The maximum Gasteiger partial charge on any atom is 0.223 e. The standard InChI is InChI=1S/C24H32N2O2/c1-18(2)26(24(27)13-10-19-14-15-25-16-19)17-20-8-11-21(12-9-20)22-6-4-5-7-23(22)28-3/h4-9,11-12,18-19,25H,10,13-17H2,1-3H3. The third kappa shape index (κ3) is 5.14. The SMILES string of the molecule is COc1ccccc1-c1ccc(CN(C(=O)CCC2CCNC2)C(C)C)cc1. The minimum Gasteiger partial charge on any atom is -0.496 e. The van der Waals surface area contributed by atoms with Gasteiger partial charge in [-0.05, 0) is 62.9 Å². The average molecular weight is 381 g/mol. The number of hydrogen-bond donors (Lipinski definition) is 1. The number of hydrogen-bond acceptors (Lipinski definition) is 3. The molecule has 1 N–H and O–H groups in total. The van der Waals surface area contributed by atoms with Crippen LogP contribution < -0.4 is 10.1 Å². The molecule has 3 rings (SSSR count). The summed E-state index contributed by atoms with van der Waals surface area (Å²) in [6.07, 6.45) is 2.82. The number of carbonyl (C=O) groups excluding carboxylic acids is 1. The number of para-hydroxylation sites is 1. The lowest BCUT2D eigenvalue weighted by Crippen LogP contribution is -2.36. The highest BCUT2D eigenvalue weighted by Crippen LogP contribution is 2.29. The lowest BCUT2D eigenvalue weighted by atomic mass is 10.0. The van der Waals surface area contributed by atoms with E-state index in [9.17, 15) is 4.79 Å². The quantitative estimate of drug-likeness (QED) is 0.734. The van der Waals surface area contributed by atoms with Gasteiger partial charge < -0.3 is 15.0 Å². The molecule has 4 heteroatoms. The van der Waals surface area contributed by atoms with Crippen molar-refractivity contribution in [3.8, 4) is 16.9 Å². The molecular weight excluding hydrogens is 348 g/mol. The van der Waals surface area contributed by atoms with E-state index in [1.807, 2.05) is 23.1 Å². The molecule has 1 unspecified atom stereocenters. The van der Waals surface area contributed by atoms with Crippen LogP contribution in [0.4, 0.5) is 0 Å². The highest BCUT2D eigenvalue weighted by molar-refractivity contribution is 5.76. The van der Waals surface area contributed by atoms with Crippen LogP contribution in [0.15, 0.2) is 48.5 Å². The molecule has 0 saturated carbocycles. The molecule has 0 bridgehead atoms. The third-order valence-electron chi connectivity index (χ3n) is 5.60. The summed E-state index contributed by atoms with van der Waals surface area (Å²) in [5.74, 6) is 1.78. The van der Waals surface area contributed by atoms with Gasteiger partial charge in [-0.1, -0.05) is 42.5 Å². The van der Waals surface area contributed by atoms with Gasteiger partial charge in [-0.2, -0.15) is 0 Å². The van der Waals surface area contributed by atoms with Gasteiger partial charge in [-0.15, -0.1) is 0 Å². The first-order valence-corrected chi connectivity index (χ1v) is 10.3. The van der Waals surface area contributed by atoms with Crippen molar-refractivity contribution in [3.05, 3.63) is 54.1 Å². The second kappa shape index (κ2) is 9.74. The number of nitrogens with one attached hydrogen (secondary N) is 1. The van der Waals surface area contributed by atoms with E-state index in [1.54, 1.807) is 7.11 Å². The Bertz CT molecular complexity index is 764. The average Bonchev–Trinajstić information content (AvgIpc) is 3.24. The first-order valence-electron chi connectivity index (χ1n) is 10.3. The van der Waals surface area contributed by atoms with Gasteiger partial charge in [-0.3, -0.25) is 4.79 Å². The van der Waals surface area contributed by atoms with Crippen molar-refractivity contribution in [1.29, 1.82) is 0 Å². The Morgan fingerprint density at radius 2 is 1.93 bits per heavy atom. The zero-order valence-electron chi connectivity index (χ0n) is 17.3. The van der Waals surface area contributed by atoms with Crippen LogP contribution in [0.1, 0.15) is 38.7 Å². The first kappa shape index (κ1) is 20.4. The number of benzene rings is 2. The highest BCUT2D eigenvalue weighted by Gasteiger charge is 2.21. The molecular formula is C24H32N2O2. The molecule has 0 aromatic heterocycles. The number of ether oxygens (including phenoxy) is 1. The summed E-state index contributed by atoms with van der Waals surface area (Å²) < 4.78 is 5.47. The lowest BCUT2D eigenvalue weighted by molar-refractivity contribution is -0.133. The molecule has 28 heavy (non-hydrogen) atoms. The van der Waals surface area contributed by atoms with Gasteiger partial charge in [0.2, 0.25) is 5.91 Å². The van der Waals surface area contributed by atoms with Gasteiger partial charge in [0.25, 0.3) is 0 Å². The summed E-state index contributed by atoms with van der Waals surface area (Å²) in [5.41, 5.74) is 3.36. The van der Waals surface area contributed by atoms with Gasteiger partial charge in [0.15, 0.2) is 0 Å². The van der Waals surface area contributed by atoms with E-state index in [0.29, 0.717) is 18.9 Å². The molecule has 1 saturated heterocycles. The Labute approximate surface area is 168 Å². The molecule has 1 heterocycles. The van der Waals surface area contributed by atoms with Crippen molar-refractivity contribution in [2.45, 2.75) is 45.7 Å². The molecule has 1 atom stereocenters. The maximum atomic E-state index is 12.8. The van der Waals surface area contributed by atoms with E-state index < -0.39 is 0 Å². The fourth-order valence-corrected chi connectivity index (χ4v) is 3.86. The fraction of sp³-hybridized carbons (Fsp3) is 0.458. The second-order valence-electron chi connectivity index (χ2n) is 7.91. The zero-order valence-corrected chi connectivity index (χ0v) is 17.3. The predicted octanol–water partition coefficient (Wildman–Crippen LogP) is 4.49. The van der Waals surface area contributed by atoms with E-state index in [0.717, 1.165) is 42.0 Å². The minimum absolute atomic E-state index is 0.197. The van der Waals surface area contributed by atoms with E-state index in [2.05, 4.69) is 49.5 Å². The van der Waals surface area contributed by atoms with Crippen molar-refractivity contribution >= 4 is 5.91 Å². The Hall–Kier alpha value is -2.33. The maximum absolute atomic E-state index is 12.8. The van der Waals surface area contributed by atoms with E-state index in [-0.39, 0.29) is 11.9 Å². The highest BCUT2D eigenvalue weighted by atomic mass is 16.5. The van der Waals surface area contributed by atoms with E-state index >= 15 is 0 Å².